The Morgan fingerprint density at radius 3 is 2.35 bits per heavy atom. The highest BCUT2D eigenvalue weighted by atomic mass is 32.1. The average molecular weight is 255 g/mol. The number of aromatic nitrogens is 3. The fourth-order valence-corrected chi connectivity index (χ4v) is 2.42. The Bertz CT molecular complexity index is 390. The van der Waals surface area contributed by atoms with Crippen LogP contribution in [0.4, 0.5) is 0 Å². The Balaban J connectivity index is 2.71. The summed E-state index contributed by atoms with van der Waals surface area (Å²) in [7, 11) is 0. The fraction of sp³-hybridized carbons (Fsp3) is 0.846. The molecule has 0 saturated heterocycles. The van der Waals surface area contributed by atoms with Gasteiger partial charge < -0.3 is 4.57 Å². The van der Waals surface area contributed by atoms with Gasteiger partial charge in [-0.05, 0) is 31.5 Å². The zero-order valence-electron chi connectivity index (χ0n) is 11.7. The first-order chi connectivity index (χ1) is 7.93. The van der Waals surface area contributed by atoms with Crippen molar-refractivity contribution in [1.82, 2.24) is 14.8 Å². The van der Waals surface area contributed by atoms with E-state index in [0.29, 0.717) is 12.0 Å². The van der Waals surface area contributed by atoms with Crippen LogP contribution in [0.25, 0.3) is 0 Å². The van der Waals surface area contributed by atoms with E-state index < -0.39 is 0 Å². The van der Waals surface area contributed by atoms with E-state index in [0.717, 1.165) is 16.5 Å². The molecule has 98 valence electrons. The standard InChI is InChI=1S/C13H25N3S/c1-9(2)7-6-8-11(5)16-12(10(3)4)14-15-13(16)17/h9-11H,6-8H2,1-5H3,(H,15,17). The summed E-state index contributed by atoms with van der Waals surface area (Å²) < 4.78 is 2.94. The molecule has 17 heavy (non-hydrogen) atoms. The van der Waals surface area contributed by atoms with Crippen molar-refractivity contribution in [2.45, 2.75) is 65.8 Å². The molecule has 4 heteroatoms. The van der Waals surface area contributed by atoms with E-state index in [1.54, 1.807) is 0 Å². The van der Waals surface area contributed by atoms with Crippen molar-refractivity contribution in [2.24, 2.45) is 5.92 Å². The molecule has 1 N–H and O–H groups in total. The zero-order chi connectivity index (χ0) is 13.0. The second-order valence-corrected chi connectivity index (χ2v) is 5.97. The molecule has 0 fully saturated rings. The molecule has 1 rings (SSSR count). The summed E-state index contributed by atoms with van der Waals surface area (Å²) in [4.78, 5) is 0. The molecular weight excluding hydrogens is 230 g/mol. The van der Waals surface area contributed by atoms with Crippen molar-refractivity contribution in [1.29, 1.82) is 0 Å². The van der Waals surface area contributed by atoms with E-state index in [1.807, 2.05) is 0 Å². The minimum Gasteiger partial charge on any atom is -0.301 e. The van der Waals surface area contributed by atoms with Gasteiger partial charge in [0.25, 0.3) is 0 Å². The van der Waals surface area contributed by atoms with Crippen molar-refractivity contribution >= 4 is 12.2 Å². The second-order valence-electron chi connectivity index (χ2n) is 5.59. The van der Waals surface area contributed by atoms with Gasteiger partial charge >= 0.3 is 0 Å². The lowest BCUT2D eigenvalue weighted by Gasteiger charge is -2.17. The first-order valence-corrected chi connectivity index (χ1v) is 7.01. The molecule has 1 atom stereocenters. The minimum atomic E-state index is 0.412. The molecule has 0 aromatic carbocycles. The first kappa shape index (κ1) is 14.4. The smallest absolute Gasteiger partial charge is 0.195 e. The topological polar surface area (TPSA) is 33.6 Å². The van der Waals surface area contributed by atoms with Crippen LogP contribution >= 0.6 is 12.2 Å². The van der Waals surface area contributed by atoms with Gasteiger partial charge in [0.05, 0.1) is 0 Å². The van der Waals surface area contributed by atoms with Crippen molar-refractivity contribution in [3.63, 3.8) is 0 Å². The van der Waals surface area contributed by atoms with Crippen LogP contribution in [0.3, 0.4) is 0 Å². The molecule has 0 radical (unpaired) electrons. The maximum absolute atomic E-state index is 5.32. The number of hydrogen-bond acceptors (Lipinski definition) is 2. The molecule has 0 aliphatic rings. The Hall–Kier alpha value is -0.640. The summed E-state index contributed by atoms with van der Waals surface area (Å²) in [6.07, 6.45) is 3.71. The van der Waals surface area contributed by atoms with Gasteiger partial charge in [0.2, 0.25) is 0 Å². The van der Waals surface area contributed by atoms with E-state index in [2.05, 4.69) is 49.4 Å². The fourth-order valence-electron chi connectivity index (χ4n) is 2.10. The molecule has 0 aliphatic carbocycles. The third kappa shape index (κ3) is 3.95. The van der Waals surface area contributed by atoms with E-state index in [4.69, 9.17) is 12.2 Å². The lowest BCUT2D eigenvalue weighted by Crippen LogP contribution is -2.11. The van der Waals surface area contributed by atoms with E-state index >= 15 is 0 Å². The minimum absolute atomic E-state index is 0.412. The number of rotatable bonds is 6. The molecule has 1 aromatic rings. The molecule has 0 aliphatic heterocycles. The summed E-state index contributed by atoms with van der Waals surface area (Å²) >= 11 is 5.32. The van der Waals surface area contributed by atoms with Crippen molar-refractivity contribution in [2.75, 3.05) is 0 Å². The number of H-pyrrole nitrogens is 1. The number of nitrogens with one attached hydrogen (secondary N) is 1. The van der Waals surface area contributed by atoms with Gasteiger partial charge in [0, 0.05) is 12.0 Å². The molecule has 3 nitrogen and oxygen atoms in total. The molecule has 1 aromatic heterocycles. The highest BCUT2D eigenvalue weighted by Gasteiger charge is 2.15. The largest absolute Gasteiger partial charge is 0.301 e. The summed E-state index contributed by atoms with van der Waals surface area (Å²) in [6, 6.07) is 0.442. The lowest BCUT2D eigenvalue weighted by atomic mass is 10.0. The van der Waals surface area contributed by atoms with Crippen molar-refractivity contribution in [3.8, 4) is 0 Å². The van der Waals surface area contributed by atoms with Gasteiger partial charge in [-0.3, -0.25) is 5.10 Å². The van der Waals surface area contributed by atoms with Gasteiger partial charge in [-0.2, -0.15) is 5.10 Å². The molecule has 0 saturated carbocycles. The van der Waals surface area contributed by atoms with Gasteiger partial charge in [-0.15, -0.1) is 0 Å². The summed E-state index contributed by atoms with van der Waals surface area (Å²) in [5, 5.41) is 7.24. The van der Waals surface area contributed by atoms with Crippen LogP contribution in [0.2, 0.25) is 0 Å². The van der Waals surface area contributed by atoms with Gasteiger partial charge in [-0.1, -0.05) is 40.5 Å². The zero-order valence-corrected chi connectivity index (χ0v) is 12.5. The van der Waals surface area contributed by atoms with Crippen LogP contribution < -0.4 is 0 Å². The monoisotopic (exact) mass is 255 g/mol. The molecule has 1 unspecified atom stereocenters. The average Bonchev–Trinajstić information content (AvgIpc) is 2.59. The number of aromatic amines is 1. The SMILES string of the molecule is CC(C)CCCC(C)n1c(C(C)C)n[nH]c1=S. The lowest BCUT2D eigenvalue weighted by molar-refractivity contribution is 0.429. The van der Waals surface area contributed by atoms with Crippen LogP contribution in [-0.4, -0.2) is 14.8 Å². The van der Waals surface area contributed by atoms with E-state index in [9.17, 15) is 0 Å². The predicted octanol–water partition coefficient (Wildman–Crippen LogP) is 4.45. The van der Waals surface area contributed by atoms with Crippen molar-refractivity contribution in [3.05, 3.63) is 10.6 Å². The normalized spacial score (nSPS) is 13.6. The van der Waals surface area contributed by atoms with Gasteiger partial charge in [0.15, 0.2) is 4.77 Å². The Labute approximate surface area is 110 Å². The molecular formula is C13H25N3S. The Kier molecular flexibility index (Phi) is 5.37. The number of nitrogens with zero attached hydrogens (tertiary/aromatic N) is 2. The molecule has 0 spiro atoms. The molecule has 0 bridgehead atoms. The Morgan fingerprint density at radius 1 is 1.18 bits per heavy atom. The third-order valence-electron chi connectivity index (χ3n) is 3.09. The molecule has 1 heterocycles. The maximum atomic E-state index is 5.32. The van der Waals surface area contributed by atoms with Crippen LogP contribution in [0.15, 0.2) is 0 Å². The van der Waals surface area contributed by atoms with Crippen LogP contribution in [-0.2, 0) is 0 Å². The van der Waals surface area contributed by atoms with Crippen LogP contribution in [0.5, 0.6) is 0 Å². The Morgan fingerprint density at radius 2 is 1.82 bits per heavy atom. The summed E-state index contributed by atoms with van der Waals surface area (Å²) in [6.45, 7) is 11.1. The van der Waals surface area contributed by atoms with Gasteiger partial charge in [0.1, 0.15) is 5.82 Å². The van der Waals surface area contributed by atoms with E-state index in [1.165, 1.54) is 19.3 Å². The summed E-state index contributed by atoms with van der Waals surface area (Å²) in [5.74, 6) is 2.27. The second kappa shape index (κ2) is 6.34. The van der Waals surface area contributed by atoms with Crippen LogP contribution in [0.1, 0.15) is 71.7 Å². The van der Waals surface area contributed by atoms with Crippen LogP contribution in [0, 0.1) is 10.7 Å². The van der Waals surface area contributed by atoms with E-state index in [-0.39, 0.29) is 0 Å². The third-order valence-corrected chi connectivity index (χ3v) is 3.38. The molecule has 0 amide bonds. The quantitative estimate of drug-likeness (QED) is 0.762. The van der Waals surface area contributed by atoms with Crippen molar-refractivity contribution < 1.29 is 0 Å². The summed E-state index contributed by atoms with van der Waals surface area (Å²) in [5.41, 5.74) is 0. The maximum Gasteiger partial charge on any atom is 0.195 e. The predicted molar refractivity (Wildman–Crippen MR) is 74.9 cm³/mol. The highest BCUT2D eigenvalue weighted by Crippen LogP contribution is 2.22. The number of hydrogen-bond donors (Lipinski definition) is 1. The highest BCUT2D eigenvalue weighted by molar-refractivity contribution is 7.71. The van der Waals surface area contributed by atoms with Gasteiger partial charge in [-0.25, -0.2) is 0 Å². The first-order valence-electron chi connectivity index (χ1n) is 6.60.